The van der Waals surface area contributed by atoms with E-state index in [1.54, 1.807) is 12.1 Å². The number of carbonyl (C=O) groups excluding carboxylic acids is 1. The number of rotatable bonds is 2. The van der Waals surface area contributed by atoms with Crippen molar-refractivity contribution in [3.05, 3.63) is 29.3 Å². The summed E-state index contributed by atoms with van der Waals surface area (Å²) in [5.74, 6) is 2.05. The minimum atomic E-state index is -4.49. The van der Waals surface area contributed by atoms with E-state index in [9.17, 15) is 13.2 Å². The molecule has 3 aliphatic rings. The Labute approximate surface area is 142 Å². The van der Waals surface area contributed by atoms with Gasteiger partial charge in [-0.3, -0.25) is 9.35 Å². The predicted octanol–water partition coefficient (Wildman–Crippen LogP) is 3.29. The average Bonchev–Trinajstić information content (AvgIpc) is 2.81. The molecule has 6 heteroatoms. The molecule has 0 amide bonds. The molecule has 2 fully saturated rings. The first kappa shape index (κ1) is 16.1. The van der Waals surface area contributed by atoms with Crippen molar-refractivity contribution >= 4 is 16.2 Å². The fourth-order valence-electron chi connectivity index (χ4n) is 5.50. The van der Waals surface area contributed by atoms with Crippen LogP contribution in [0.15, 0.2) is 18.2 Å². The van der Waals surface area contributed by atoms with E-state index in [1.807, 2.05) is 6.07 Å². The fourth-order valence-corrected chi connectivity index (χ4v) is 5.85. The first-order chi connectivity index (χ1) is 11.3. The number of benzene rings is 1. The zero-order valence-electron chi connectivity index (χ0n) is 13.7. The van der Waals surface area contributed by atoms with Crippen LogP contribution in [-0.4, -0.2) is 18.8 Å². The lowest BCUT2D eigenvalue weighted by Gasteiger charge is -2.48. The number of hydrogen-bond acceptors (Lipinski definition) is 4. The second-order valence-corrected chi connectivity index (χ2v) is 8.73. The molecule has 4 atom stereocenters. The molecule has 1 aromatic carbocycles. The summed E-state index contributed by atoms with van der Waals surface area (Å²) in [6, 6.07) is 5.28. The standard InChI is InChI=1S/C18H22O5S/c1-18-9-8-14-13-5-3-12(23-24(20,21)22)10-11(13)2-4-15(14)16(18)6-7-17(18)19/h3,5,10,14-16H,2,4,6-9H2,1H3,(H,20,21,22)/t14-,15+,16-,18-/m0/s1. The second kappa shape index (κ2) is 5.30. The normalized spacial score (nSPS) is 35.1. The summed E-state index contributed by atoms with van der Waals surface area (Å²) >= 11 is 0. The predicted molar refractivity (Wildman–Crippen MR) is 88.2 cm³/mol. The summed E-state index contributed by atoms with van der Waals surface area (Å²) in [4.78, 5) is 12.3. The van der Waals surface area contributed by atoms with E-state index >= 15 is 0 Å². The van der Waals surface area contributed by atoms with Crippen molar-refractivity contribution in [3.8, 4) is 5.75 Å². The zero-order valence-corrected chi connectivity index (χ0v) is 14.5. The van der Waals surface area contributed by atoms with Crippen molar-refractivity contribution in [1.29, 1.82) is 0 Å². The van der Waals surface area contributed by atoms with E-state index in [0.29, 0.717) is 23.5 Å². The van der Waals surface area contributed by atoms with Gasteiger partial charge in [0, 0.05) is 11.8 Å². The van der Waals surface area contributed by atoms with Crippen molar-refractivity contribution in [1.82, 2.24) is 0 Å². The number of fused-ring (bicyclic) bond motifs is 5. The Balaban J connectivity index is 1.65. The lowest BCUT2D eigenvalue weighted by molar-refractivity contribution is -0.129. The SMILES string of the molecule is C[C@]12CC[C@H]3c4ccc(OS(=O)(=O)O)cc4CC[C@H]3[C@@H]1CCC2=O. The van der Waals surface area contributed by atoms with Crippen molar-refractivity contribution in [3.63, 3.8) is 0 Å². The van der Waals surface area contributed by atoms with Gasteiger partial charge < -0.3 is 4.18 Å². The Kier molecular flexibility index (Phi) is 3.55. The van der Waals surface area contributed by atoms with E-state index < -0.39 is 10.4 Å². The molecule has 1 aromatic rings. The third-order valence-corrected chi connectivity index (χ3v) is 7.01. The fraction of sp³-hybridized carbons (Fsp3) is 0.611. The summed E-state index contributed by atoms with van der Waals surface area (Å²) in [7, 11) is -4.49. The highest BCUT2D eigenvalue weighted by Gasteiger charge is 2.54. The van der Waals surface area contributed by atoms with Crippen LogP contribution in [-0.2, 0) is 21.6 Å². The molecule has 0 saturated heterocycles. The largest absolute Gasteiger partial charge is 0.446 e. The van der Waals surface area contributed by atoms with Gasteiger partial charge in [0.15, 0.2) is 0 Å². The highest BCUT2D eigenvalue weighted by Crippen LogP contribution is 2.59. The van der Waals surface area contributed by atoms with E-state index in [0.717, 1.165) is 44.1 Å². The molecule has 0 aromatic heterocycles. The van der Waals surface area contributed by atoms with E-state index in [1.165, 1.54) is 5.56 Å². The Bertz CT molecular complexity index is 800. The number of aryl methyl sites for hydroxylation is 1. The highest BCUT2D eigenvalue weighted by atomic mass is 32.3. The summed E-state index contributed by atoms with van der Waals surface area (Å²) in [5, 5.41) is 0. The lowest BCUT2D eigenvalue weighted by Crippen LogP contribution is -2.42. The Morgan fingerprint density at radius 2 is 2.00 bits per heavy atom. The van der Waals surface area contributed by atoms with Crippen LogP contribution in [0.2, 0.25) is 0 Å². The Morgan fingerprint density at radius 3 is 2.75 bits per heavy atom. The number of carbonyl (C=O) groups is 1. The number of hydrogen-bond donors (Lipinski definition) is 1. The summed E-state index contributed by atoms with van der Waals surface area (Å²) in [5.41, 5.74) is 2.23. The van der Waals surface area contributed by atoms with Crippen LogP contribution in [0.5, 0.6) is 5.75 Å². The molecule has 0 aliphatic heterocycles. The molecule has 130 valence electrons. The van der Waals surface area contributed by atoms with Gasteiger partial charge in [0.25, 0.3) is 0 Å². The molecule has 3 aliphatic carbocycles. The van der Waals surface area contributed by atoms with Crippen LogP contribution < -0.4 is 4.18 Å². The molecule has 24 heavy (non-hydrogen) atoms. The minimum Gasteiger partial charge on any atom is -0.362 e. The summed E-state index contributed by atoms with van der Waals surface area (Å²) in [6.07, 6.45) is 5.57. The molecule has 5 nitrogen and oxygen atoms in total. The number of ketones is 1. The zero-order chi connectivity index (χ0) is 17.1. The average molecular weight is 350 g/mol. The third kappa shape index (κ3) is 2.47. The topological polar surface area (TPSA) is 80.7 Å². The maximum Gasteiger partial charge on any atom is 0.446 e. The Hall–Kier alpha value is -1.40. The van der Waals surface area contributed by atoms with Gasteiger partial charge in [0.2, 0.25) is 0 Å². The Morgan fingerprint density at radius 1 is 1.21 bits per heavy atom. The molecule has 1 N–H and O–H groups in total. The maximum absolute atomic E-state index is 12.3. The van der Waals surface area contributed by atoms with Crippen LogP contribution in [0, 0.1) is 17.3 Å². The molecule has 0 heterocycles. The van der Waals surface area contributed by atoms with E-state index in [4.69, 9.17) is 4.55 Å². The molecule has 0 bridgehead atoms. The third-order valence-electron chi connectivity index (χ3n) is 6.61. The maximum atomic E-state index is 12.3. The number of Topliss-reactive ketones (excluding diaryl/α,β-unsaturated/α-hetero) is 1. The van der Waals surface area contributed by atoms with Gasteiger partial charge in [-0.1, -0.05) is 13.0 Å². The molecular weight excluding hydrogens is 328 g/mol. The van der Waals surface area contributed by atoms with Crippen LogP contribution >= 0.6 is 0 Å². The van der Waals surface area contributed by atoms with Crippen molar-refractivity contribution < 1.29 is 21.9 Å². The van der Waals surface area contributed by atoms with E-state index in [-0.39, 0.29) is 11.2 Å². The monoisotopic (exact) mass is 350 g/mol. The second-order valence-electron chi connectivity index (χ2n) is 7.71. The van der Waals surface area contributed by atoms with Gasteiger partial charge in [-0.15, -0.1) is 0 Å². The summed E-state index contributed by atoms with van der Waals surface area (Å²) in [6.45, 7) is 2.15. The van der Waals surface area contributed by atoms with Gasteiger partial charge in [-0.2, -0.15) is 8.42 Å². The van der Waals surface area contributed by atoms with Gasteiger partial charge in [0.05, 0.1) is 0 Å². The van der Waals surface area contributed by atoms with Gasteiger partial charge >= 0.3 is 10.4 Å². The summed E-state index contributed by atoms with van der Waals surface area (Å²) < 4.78 is 35.2. The molecular formula is C18H22O5S. The van der Waals surface area contributed by atoms with Crippen LogP contribution in [0.4, 0.5) is 0 Å². The van der Waals surface area contributed by atoms with Gasteiger partial charge in [-0.25, -0.2) is 0 Å². The molecule has 0 radical (unpaired) electrons. The van der Waals surface area contributed by atoms with Crippen LogP contribution in [0.3, 0.4) is 0 Å². The molecule has 0 spiro atoms. The highest BCUT2D eigenvalue weighted by molar-refractivity contribution is 7.81. The van der Waals surface area contributed by atoms with Crippen LogP contribution in [0.25, 0.3) is 0 Å². The van der Waals surface area contributed by atoms with Crippen molar-refractivity contribution in [2.75, 3.05) is 0 Å². The van der Waals surface area contributed by atoms with Crippen LogP contribution in [0.1, 0.15) is 56.1 Å². The quantitative estimate of drug-likeness (QED) is 0.828. The molecule has 4 rings (SSSR count). The minimum absolute atomic E-state index is 0.132. The lowest BCUT2D eigenvalue weighted by atomic mass is 9.55. The first-order valence-corrected chi connectivity index (χ1v) is 9.97. The van der Waals surface area contributed by atoms with Gasteiger partial charge in [-0.05, 0) is 73.1 Å². The molecule has 2 saturated carbocycles. The molecule has 0 unspecified atom stereocenters. The van der Waals surface area contributed by atoms with Crippen molar-refractivity contribution in [2.45, 2.75) is 51.4 Å². The smallest absolute Gasteiger partial charge is 0.362 e. The van der Waals surface area contributed by atoms with E-state index in [2.05, 4.69) is 11.1 Å². The first-order valence-electron chi connectivity index (χ1n) is 8.61. The van der Waals surface area contributed by atoms with Gasteiger partial charge in [0.1, 0.15) is 11.5 Å². The van der Waals surface area contributed by atoms with Crippen molar-refractivity contribution in [2.24, 2.45) is 17.3 Å².